The van der Waals surface area contributed by atoms with E-state index >= 15 is 0 Å². The Hall–Kier alpha value is -0.570. The Morgan fingerprint density at radius 3 is 2.00 bits per heavy atom. The number of aliphatic carboxylic acids is 1. The minimum Gasteiger partial charge on any atom is -0.481 e. The maximum absolute atomic E-state index is 10.6. The summed E-state index contributed by atoms with van der Waals surface area (Å²) in [5.41, 5.74) is -0.649. The van der Waals surface area contributed by atoms with E-state index in [9.17, 15) is 9.90 Å². The number of carbonyl (C=O) groups is 1. The number of carboxylic acids is 1. The van der Waals surface area contributed by atoms with Gasteiger partial charge in [0.2, 0.25) is 0 Å². The molecule has 0 aliphatic heterocycles. The molecule has 0 aromatic heterocycles. The van der Waals surface area contributed by atoms with E-state index in [1.54, 1.807) is 13.8 Å². The second kappa shape index (κ2) is 3.66. The van der Waals surface area contributed by atoms with Crippen LogP contribution in [0, 0.1) is 11.8 Å². The second-order valence-corrected chi connectivity index (χ2v) is 4.54. The van der Waals surface area contributed by atoms with Gasteiger partial charge < -0.3 is 10.2 Å². The van der Waals surface area contributed by atoms with Gasteiger partial charge in [0.25, 0.3) is 0 Å². The van der Waals surface area contributed by atoms with E-state index in [1.165, 1.54) is 0 Å². The summed E-state index contributed by atoms with van der Waals surface area (Å²) < 4.78 is 0. The van der Waals surface area contributed by atoms with E-state index in [4.69, 9.17) is 5.11 Å². The molecule has 0 atom stereocenters. The highest BCUT2D eigenvalue weighted by Gasteiger charge is 2.33. The van der Waals surface area contributed by atoms with Gasteiger partial charge >= 0.3 is 5.97 Å². The Bertz CT molecular complexity index is 185. The fourth-order valence-electron chi connectivity index (χ4n) is 2.05. The molecule has 76 valence electrons. The van der Waals surface area contributed by atoms with Crippen molar-refractivity contribution in [3.63, 3.8) is 0 Å². The van der Waals surface area contributed by atoms with Gasteiger partial charge in [-0.2, -0.15) is 0 Å². The van der Waals surface area contributed by atoms with Gasteiger partial charge in [0.1, 0.15) is 0 Å². The lowest BCUT2D eigenvalue weighted by Crippen LogP contribution is -2.35. The van der Waals surface area contributed by atoms with Crippen LogP contribution in [0.3, 0.4) is 0 Å². The summed E-state index contributed by atoms with van der Waals surface area (Å²) in [6.07, 6.45) is 3.09. The Labute approximate surface area is 78.8 Å². The van der Waals surface area contributed by atoms with Crippen LogP contribution in [0.4, 0.5) is 0 Å². The van der Waals surface area contributed by atoms with Crippen LogP contribution in [0.1, 0.15) is 39.5 Å². The largest absolute Gasteiger partial charge is 0.481 e. The van der Waals surface area contributed by atoms with Crippen LogP contribution in [0.5, 0.6) is 0 Å². The summed E-state index contributed by atoms with van der Waals surface area (Å²) in [6.45, 7) is 3.61. The molecule has 3 nitrogen and oxygen atoms in total. The van der Waals surface area contributed by atoms with Crippen molar-refractivity contribution in [3.05, 3.63) is 0 Å². The van der Waals surface area contributed by atoms with Crippen LogP contribution < -0.4 is 0 Å². The zero-order valence-corrected chi connectivity index (χ0v) is 8.29. The van der Waals surface area contributed by atoms with E-state index in [1.807, 2.05) is 0 Å². The van der Waals surface area contributed by atoms with Gasteiger partial charge in [-0.3, -0.25) is 4.79 Å². The highest BCUT2D eigenvalue weighted by molar-refractivity contribution is 5.69. The molecule has 0 saturated heterocycles. The predicted octanol–water partition coefficient (Wildman–Crippen LogP) is 1.65. The minimum atomic E-state index is -0.686. The molecule has 2 N–H and O–H groups in total. The van der Waals surface area contributed by atoms with E-state index in [0.29, 0.717) is 12.8 Å². The molecular formula is C10H18O3. The van der Waals surface area contributed by atoms with Gasteiger partial charge in [0, 0.05) is 0 Å². The van der Waals surface area contributed by atoms with E-state index in [0.717, 1.165) is 12.8 Å². The zero-order chi connectivity index (χ0) is 10.1. The fourth-order valence-corrected chi connectivity index (χ4v) is 2.05. The first-order chi connectivity index (χ1) is 5.91. The van der Waals surface area contributed by atoms with E-state index in [2.05, 4.69) is 0 Å². The summed E-state index contributed by atoms with van der Waals surface area (Å²) in [5.74, 6) is -0.601. The number of hydrogen-bond acceptors (Lipinski definition) is 2. The quantitative estimate of drug-likeness (QED) is 0.689. The van der Waals surface area contributed by atoms with Crippen molar-refractivity contribution < 1.29 is 15.0 Å². The first-order valence-corrected chi connectivity index (χ1v) is 4.86. The normalized spacial score (nSPS) is 30.1. The lowest BCUT2D eigenvalue weighted by Gasteiger charge is -2.34. The van der Waals surface area contributed by atoms with Crippen molar-refractivity contribution in [3.8, 4) is 0 Å². The molecule has 0 bridgehead atoms. The molecule has 0 aromatic carbocycles. The van der Waals surface area contributed by atoms with Crippen molar-refractivity contribution in [1.82, 2.24) is 0 Å². The van der Waals surface area contributed by atoms with Crippen LogP contribution in [-0.2, 0) is 4.79 Å². The smallest absolute Gasteiger partial charge is 0.306 e. The van der Waals surface area contributed by atoms with Gasteiger partial charge in [0.05, 0.1) is 11.5 Å². The molecule has 13 heavy (non-hydrogen) atoms. The van der Waals surface area contributed by atoms with Crippen LogP contribution in [0.25, 0.3) is 0 Å². The summed E-state index contributed by atoms with van der Waals surface area (Å²) in [5, 5.41) is 18.5. The average Bonchev–Trinajstić information content (AvgIpc) is 2.03. The van der Waals surface area contributed by atoms with Crippen molar-refractivity contribution in [2.75, 3.05) is 0 Å². The minimum absolute atomic E-state index is 0.182. The number of carboxylic acid groups (broad SMARTS) is 1. The van der Waals surface area contributed by atoms with Crippen molar-refractivity contribution in [2.45, 2.75) is 45.1 Å². The fraction of sp³-hybridized carbons (Fsp3) is 0.900. The Kier molecular flexibility index (Phi) is 2.96. The van der Waals surface area contributed by atoms with Crippen LogP contribution in [0.2, 0.25) is 0 Å². The summed E-state index contributed by atoms with van der Waals surface area (Å²) >= 11 is 0. The molecule has 1 rings (SSSR count). The second-order valence-electron chi connectivity index (χ2n) is 4.54. The number of rotatable bonds is 2. The molecule has 1 fully saturated rings. The molecule has 1 saturated carbocycles. The van der Waals surface area contributed by atoms with Crippen LogP contribution >= 0.6 is 0 Å². The SMILES string of the molecule is CC(C)(O)[C@H]1CC[C@H](C(=O)O)CC1. The van der Waals surface area contributed by atoms with Crippen LogP contribution in [0.15, 0.2) is 0 Å². The summed E-state index contributed by atoms with van der Waals surface area (Å²) in [7, 11) is 0. The molecule has 0 amide bonds. The van der Waals surface area contributed by atoms with Crippen molar-refractivity contribution in [1.29, 1.82) is 0 Å². The first-order valence-electron chi connectivity index (χ1n) is 4.86. The molecule has 0 radical (unpaired) electrons. The Morgan fingerprint density at radius 2 is 1.69 bits per heavy atom. The molecular weight excluding hydrogens is 168 g/mol. The maximum Gasteiger partial charge on any atom is 0.306 e. The molecule has 1 aliphatic rings. The molecule has 0 unspecified atom stereocenters. The summed E-state index contributed by atoms with van der Waals surface area (Å²) in [6, 6.07) is 0. The molecule has 0 aromatic rings. The number of aliphatic hydroxyl groups is 1. The lowest BCUT2D eigenvalue weighted by atomic mass is 9.75. The van der Waals surface area contributed by atoms with E-state index in [-0.39, 0.29) is 11.8 Å². The zero-order valence-electron chi connectivity index (χ0n) is 8.29. The first kappa shape index (κ1) is 10.5. The molecule has 3 heteroatoms. The Morgan fingerprint density at radius 1 is 1.23 bits per heavy atom. The topological polar surface area (TPSA) is 57.5 Å². The molecule has 1 aliphatic carbocycles. The third kappa shape index (κ3) is 2.69. The lowest BCUT2D eigenvalue weighted by molar-refractivity contribution is -0.144. The standard InChI is InChI=1S/C10H18O3/c1-10(2,13)8-5-3-7(4-6-8)9(11)12/h7-8,13H,3-6H2,1-2H3,(H,11,12)/t7-,8-. The van der Waals surface area contributed by atoms with Crippen molar-refractivity contribution in [2.24, 2.45) is 11.8 Å². The van der Waals surface area contributed by atoms with Gasteiger partial charge in [-0.15, -0.1) is 0 Å². The Balaban J connectivity index is 2.44. The number of hydrogen-bond donors (Lipinski definition) is 2. The third-order valence-corrected chi connectivity index (χ3v) is 3.08. The monoisotopic (exact) mass is 186 g/mol. The average molecular weight is 186 g/mol. The molecule has 0 heterocycles. The maximum atomic E-state index is 10.6. The van der Waals surface area contributed by atoms with Gasteiger partial charge in [0.15, 0.2) is 0 Å². The van der Waals surface area contributed by atoms with Gasteiger partial charge in [-0.1, -0.05) is 0 Å². The van der Waals surface area contributed by atoms with E-state index < -0.39 is 11.6 Å². The predicted molar refractivity (Wildman–Crippen MR) is 49.4 cm³/mol. The van der Waals surface area contributed by atoms with Gasteiger partial charge in [-0.25, -0.2) is 0 Å². The van der Waals surface area contributed by atoms with Crippen molar-refractivity contribution >= 4 is 5.97 Å². The van der Waals surface area contributed by atoms with Crippen LogP contribution in [-0.4, -0.2) is 21.8 Å². The van der Waals surface area contributed by atoms with Gasteiger partial charge in [-0.05, 0) is 45.4 Å². The highest BCUT2D eigenvalue weighted by atomic mass is 16.4. The third-order valence-electron chi connectivity index (χ3n) is 3.08. The molecule has 0 spiro atoms. The summed E-state index contributed by atoms with van der Waals surface area (Å²) in [4.78, 5) is 10.6. The highest BCUT2D eigenvalue weighted by Crippen LogP contribution is 2.35.